The molecule has 0 radical (unpaired) electrons. The van der Waals surface area contributed by atoms with Crippen LogP contribution in [0.3, 0.4) is 0 Å². The summed E-state index contributed by atoms with van der Waals surface area (Å²) in [5.41, 5.74) is 0.905. The van der Waals surface area contributed by atoms with E-state index in [1.807, 2.05) is 17.9 Å². The predicted octanol–water partition coefficient (Wildman–Crippen LogP) is -0.00870. The molecule has 150 valence electrons. The maximum Gasteiger partial charge on any atom is 0.270 e. The molecule has 4 heterocycles. The number of nitrogens with zero attached hydrogens (tertiary/aromatic N) is 4. The number of rotatable bonds is 4. The zero-order valence-electron chi connectivity index (χ0n) is 16.0. The molecule has 28 heavy (non-hydrogen) atoms. The lowest BCUT2D eigenvalue weighted by Gasteiger charge is -2.30. The van der Waals surface area contributed by atoms with Gasteiger partial charge in [0.05, 0.1) is 24.1 Å². The second kappa shape index (κ2) is 7.84. The minimum absolute atomic E-state index is 0.0798. The van der Waals surface area contributed by atoms with Crippen molar-refractivity contribution in [3.63, 3.8) is 0 Å². The van der Waals surface area contributed by atoms with E-state index in [2.05, 4.69) is 25.4 Å². The van der Waals surface area contributed by atoms with Crippen LogP contribution in [0.5, 0.6) is 0 Å². The highest BCUT2D eigenvalue weighted by Gasteiger charge is 2.34. The lowest BCUT2D eigenvalue weighted by atomic mass is 10.1. The number of aliphatic hydroxyl groups is 1. The Labute approximate surface area is 163 Å². The standard InChI is InChI=1S/C19H26N6O3/c1-12-9-25(16(27)11-24-7-4-13(26)5-8-24)10-15(12)21-19(28)17-14-3-2-6-20-18(14)23-22-17/h2-3,6,12-13,15,26H,4-5,7-11H2,1H3,(H,21,28)(H,20,22,23). The summed E-state index contributed by atoms with van der Waals surface area (Å²) in [5.74, 6) is 0.0197. The third-order valence-electron chi connectivity index (χ3n) is 5.75. The van der Waals surface area contributed by atoms with Gasteiger partial charge in [-0.25, -0.2) is 4.98 Å². The molecule has 0 bridgehead atoms. The number of carbonyl (C=O) groups excluding carboxylic acids is 2. The van der Waals surface area contributed by atoms with Crippen LogP contribution >= 0.6 is 0 Å². The lowest BCUT2D eigenvalue weighted by Crippen LogP contribution is -2.45. The van der Waals surface area contributed by atoms with Crippen LogP contribution in [0.25, 0.3) is 11.0 Å². The molecule has 0 aromatic carbocycles. The molecule has 0 spiro atoms. The van der Waals surface area contributed by atoms with Gasteiger partial charge in [-0.15, -0.1) is 0 Å². The predicted molar refractivity (Wildman–Crippen MR) is 103 cm³/mol. The van der Waals surface area contributed by atoms with Crippen molar-refractivity contribution in [2.24, 2.45) is 5.92 Å². The van der Waals surface area contributed by atoms with Crippen molar-refractivity contribution in [3.8, 4) is 0 Å². The van der Waals surface area contributed by atoms with Crippen molar-refractivity contribution in [2.45, 2.75) is 31.9 Å². The zero-order chi connectivity index (χ0) is 19.7. The second-order valence-corrected chi connectivity index (χ2v) is 7.84. The van der Waals surface area contributed by atoms with E-state index in [1.54, 1.807) is 12.3 Å². The average molecular weight is 386 g/mol. The Morgan fingerprint density at radius 2 is 2.11 bits per heavy atom. The van der Waals surface area contributed by atoms with Crippen LogP contribution in [0.1, 0.15) is 30.3 Å². The van der Waals surface area contributed by atoms with E-state index in [-0.39, 0.29) is 29.9 Å². The number of likely N-dealkylation sites (tertiary alicyclic amines) is 2. The van der Waals surface area contributed by atoms with E-state index < -0.39 is 0 Å². The smallest absolute Gasteiger partial charge is 0.270 e. The van der Waals surface area contributed by atoms with Gasteiger partial charge >= 0.3 is 0 Å². The molecule has 2 aromatic heterocycles. The highest BCUT2D eigenvalue weighted by molar-refractivity contribution is 6.03. The Morgan fingerprint density at radius 1 is 1.32 bits per heavy atom. The molecule has 2 saturated heterocycles. The molecule has 2 aliphatic rings. The van der Waals surface area contributed by atoms with Gasteiger partial charge in [-0.05, 0) is 30.9 Å². The molecule has 2 fully saturated rings. The monoisotopic (exact) mass is 386 g/mol. The summed E-state index contributed by atoms with van der Waals surface area (Å²) in [6.07, 6.45) is 2.83. The van der Waals surface area contributed by atoms with Crippen LogP contribution in [0.4, 0.5) is 0 Å². The lowest BCUT2D eigenvalue weighted by molar-refractivity contribution is -0.132. The molecular formula is C19H26N6O3. The van der Waals surface area contributed by atoms with Gasteiger partial charge in [0.1, 0.15) is 5.69 Å². The first kappa shape index (κ1) is 18.8. The zero-order valence-corrected chi connectivity index (χ0v) is 16.0. The van der Waals surface area contributed by atoms with E-state index in [9.17, 15) is 14.7 Å². The summed E-state index contributed by atoms with van der Waals surface area (Å²) >= 11 is 0. The second-order valence-electron chi connectivity index (χ2n) is 7.84. The van der Waals surface area contributed by atoms with E-state index in [1.165, 1.54) is 0 Å². The van der Waals surface area contributed by atoms with Crippen LogP contribution in [0, 0.1) is 5.92 Å². The minimum atomic E-state index is -0.244. The minimum Gasteiger partial charge on any atom is -0.393 e. The summed E-state index contributed by atoms with van der Waals surface area (Å²) in [6, 6.07) is 3.48. The Hall–Kier alpha value is -2.52. The van der Waals surface area contributed by atoms with E-state index >= 15 is 0 Å². The third-order valence-corrected chi connectivity index (χ3v) is 5.75. The number of hydrogen-bond donors (Lipinski definition) is 3. The maximum atomic E-state index is 12.7. The number of nitrogens with one attached hydrogen (secondary N) is 2. The molecule has 9 heteroatoms. The number of pyridine rings is 1. The topological polar surface area (TPSA) is 114 Å². The fourth-order valence-corrected chi connectivity index (χ4v) is 3.99. The molecule has 4 rings (SSSR count). The SMILES string of the molecule is CC1CN(C(=O)CN2CCC(O)CC2)CC1NC(=O)c1[nH]nc2ncccc12. The number of aliphatic hydroxyl groups excluding tert-OH is 1. The van der Waals surface area contributed by atoms with Gasteiger partial charge in [0, 0.05) is 32.4 Å². The summed E-state index contributed by atoms with van der Waals surface area (Å²) < 4.78 is 0. The summed E-state index contributed by atoms with van der Waals surface area (Å²) in [5, 5.41) is 20.1. The highest BCUT2D eigenvalue weighted by Crippen LogP contribution is 2.19. The Bertz CT molecular complexity index is 860. The molecule has 9 nitrogen and oxygen atoms in total. The summed E-state index contributed by atoms with van der Waals surface area (Å²) in [7, 11) is 0. The van der Waals surface area contributed by atoms with Gasteiger partial charge in [-0.2, -0.15) is 5.10 Å². The fraction of sp³-hybridized carbons (Fsp3) is 0.579. The number of H-pyrrole nitrogens is 1. The van der Waals surface area contributed by atoms with Crippen LogP contribution in [-0.4, -0.2) is 86.8 Å². The van der Waals surface area contributed by atoms with E-state index in [0.717, 1.165) is 25.9 Å². The first-order valence-corrected chi connectivity index (χ1v) is 9.79. The number of piperidine rings is 1. The van der Waals surface area contributed by atoms with Gasteiger partial charge < -0.3 is 15.3 Å². The summed E-state index contributed by atoms with van der Waals surface area (Å²) in [6.45, 7) is 5.05. The number of aromatic nitrogens is 3. The number of aromatic amines is 1. The molecule has 3 N–H and O–H groups in total. The molecule has 0 saturated carbocycles. The third kappa shape index (κ3) is 3.85. The summed E-state index contributed by atoms with van der Waals surface area (Å²) in [4.78, 5) is 33.4. The maximum absolute atomic E-state index is 12.7. The number of carbonyl (C=O) groups is 2. The van der Waals surface area contributed by atoms with Crippen molar-refractivity contribution < 1.29 is 14.7 Å². The van der Waals surface area contributed by atoms with Gasteiger partial charge in [0.25, 0.3) is 5.91 Å². The van der Waals surface area contributed by atoms with Crippen LogP contribution in [0.2, 0.25) is 0 Å². The van der Waals surface area contributed by atoms with Crippen molar-refractivity contribution in [1.29, 1.82) is 0 Å². The van der Waals surface area contributed by atoms with Gasteiger partial charge in [-0.1, -0.05) is 6.92 Å². The molecule has 2 aliphatic heterocycles. The molecule has 2 atom stereocenters. The molecule has 2 amide bonds. The highest BCUT2D eigenvalue weighted by atomic mass is 16.3. The van der Waals surface area contributed by atoms with Gasteiger partial charge in [0.2, 0.25) is 5.91 Å². The fourth-order valence-electron chi connectivity index (χ4n) is 3.99. The molecule has 0 aliphatic carbocycles. The van der Waals surface area contributed by atoms with Crippen LogP contribution < -0.4 is 5.32 Å². The molecular weight excluding hydrogens is 360 g/mol. The first-order valence-electron chi connectivity index (χ1n) is 9.79. The van der Waals surface area contributed by atoms with Crippen molar-refractivity contribution in [3.05, 3.63) is 24.0 Å². The Kier molecular flexibility index (Phi) is 5.27. The van der Waals surface area contributed by atoms with Crippen molar-refractivity contribution >= 4 is 22.8 Å². The van der Waals surface area contributed by atoms with Crippen molar-refractivity contribution in [2.75, 3.05) is 32.7 Å². The number of fused-ring (bicyclic) bond motifs is 1. The van der Waals surface area contributed by atoms with E-state index in [4.69, 9.17) is 0 Å². The molecule has 2 aromatic rings. The van der Waals surface area contributed by atoms with Crippen LogP contribution in [-0.2, 0) is 4.79 Å². The Morgan fingerprint density at radius 3 is 2.89 bits per heavy atom. The average Bonchev–Trinajstić information content (AvgIpc) is 3.27. The van der Waals surface area contributed by atoms with Crippen LogP contribution in [0.15, 0.2) is 18.3 Å². The number of hydrogen-bond acceptors (Lipinski definition) is 6. The normalized spacial score (nSPS) is 24.0. The largest absolute Gasteiger partial charge is 0.393 e. The molecule has 2 unspecified atom stereocenters. The van der Waals surface area contributed by atoms with Crippen molar-refractivity contribution in [1.82, 2.24) is 30.3 Å². The van der Waals surface area contributed by atoms with E-state index in [0.29, 0.717) is 36.4 Å². The van der Waals surface area contributed by atoms with Gasteiger partial charge in [0.15, 0.2) is 5.65 Å². The van der Waals surface area contributed by atoms with Gasteiger partial charge in [-0.3, -0.25) is 19.6 Å². The first-order chi connectivity index (χ1) is 13.5. The number of amides is 2. The Balaban J connectivity index is 1.35. The quantitative estimate of drug-likeness (QED) is 0.681.